The van der Waals surface area contributed by atoms with Gasteiger partial charge >= 0.3 is 0 Å². The molecule has 26 heavy (non-hydrogen) atoms. The molecule has 134 valence electrons. The average molecular weight is 353 g/mol. The molecule has 0 aliphatic heterocycles. The zero-order valence-corrected chi connectivity index (χ0v) is 14.5. The molecule has 0 fully saturated rings. The number of anilines is 1. The fourth-order valence-electron chi connectivity index (χ4n) is 2.26. The normalized spacial score (nSPS) is 10.5. The highest BCUT2D eigenvalue weighted by molar-refractivity contribution is 5.33. The van der Waals surface area contributed by atoms with E-state index in [-0.39, 0.29) is 5.82 Å². The van der Waals surface area contributed by atoms with Gasteiger partial charge in [0.15, 0.2) is 0 Å². The van der Waals surface area contributed by atoms with E-state index in [9.17, 15) is 4.39 Å². The highest BCUT2D eigenvalue weighted by atomic mass is 19.1. The Morgan fingerprint density at radius 3 is 2.42 bits per heavy atom. The number of hydrogen-bond donors (Lipinski definition) is 1. The molecule has 0 saturated carbocycles. The van der Waals surface area contributed by atoms with Crippen molar-refractivity contribution >= 4 is 5.95 Å². The number of nitrogens with one attached hydrogen (secondary N) is 1. The standard InChI is InChI=1S/C20H20FN3O2/c1-2-25-14-16-5-3-15(4-6-16)13-23-20-22-12-11-19(24-20)26-18-9-7-17(21)8-10-18/h3-12H,2,13-14H2,1H3,(H,22,23,24). The number of ether oxygens (including phenoxy) is 2. The molecule has 0 unspecified atom stereocenters. The largest absolute Gasteiger partial charge is 0.439 e. The van der Waals surface area contributed by atoms with Crippen molar-refractivity contribution in [2.24, 2.45) is 0 Å². The van der Waals surface area contributed by atoms with E-state index in [4.69, 9.17) is 9.47 Å². The van der Waals surface area contributed by atoms with Gasteiger partial charge in [-0.2, -0.15) is 4.98 Å². The van der Waals surface area contributed by atoms with Crippen LogP contribution < -0.4 is 10.1 Å². The Morgan fingerprint density at radius 2 is 1.69 bits per heavy atom. The van der Waals surface area contributed by atoms with E-state index in [0.717, 1.165) is 11.1 Å². The second kappa shape index (κ2) is 8.92. The topological polar surface area (TPSA) is 56.3 Å². The lowest BCUT2D eigenvalue weighted by Gasteiger charge is -2.08. The van der Waals surface area contributed by atoms with Gasteiger partial charge < -0.3 is 14.8 Å². The van der Waals surface area contributed by atoms with E-state index < -0.39 is 0 Å². The molecule has 0 atom stereocenters. The van der Waals surface area contributed by atoms with Crippen LogP contribution in [0.5, 0.6) is 11.6 Å². The van der Waals surface area contributed by atoms with Gasteiger partial charge in [-0.25, -0.2) is 9.37 Å². The quantitative estimate of drug-likeness (QED) is 0.643. The summed E-state index contributed by atoms with van der Waals surface area (Å²) in [7, 11) is 0. The van der Waals surface area contributed by atoms with Crippen molar-refractivity contribution in [1.82, 2.24) is 9.97 Å². The van der Waals surface area contributed by atoms with Crippen molar-refractivity contribution in [2.45, 2.75) is 20.1 Å². The van der Waals surface area contributed by atoms with Gasteiger partial charge in [-0.05, 0) is 42.3 Å². The third-order valence-corrected chi connectivity index (χ3v) is 3.61. The molecule has 0 radical (unpaired) electrons. The second-order valence-corrected chi connectivity index (χ2v) is 5.58. The maximum Gasteiger partial charge on any atom is 0.226 e. The Morgan fingerprint density at radius 1 is 0.962 bits per heavy atom. The Hall–Kier alpha value is -2.99. The van der Waals surface area contributed by atoms with Gasteiger partial charge in [0.2, 0.25) is 11.8 Å². The molecule has 0 saturated heterocycles. The first-order valence-corrected chi connectivity index (χ1v) is 8.39. The van der Waals surface area contributed by atoms with Crippen LogP contribution in [0.15, 0.2) is 60.8 Å². The van der Waals surface area contributed by atoms with Crippen LogP contribution in [0.1, 0.15) is 18.1 Å². The fraction of sp³-hybridized carbons (Fsp3) is 0.200. The molecule has 2 aromatic carbocycles. The van der Waals surface area contributed by atoms with Gasteiger partial charge in [-0.3, -0.25) is 0 Å². The molecule has 0 aliphatic carbocycles. The second-order valence-electron chi connectivity index (χ2n) is 5.58. The SMILES string of the molecule is CCOCc1ccc(CNc2nccc(Oc3ccc(F)cc3)n2)cc1. The molecule has 0 spiro atoms. The maximum absolute atomic E-state index is 12.9. The highest BCUT2D eigenvalue weighted by Crippen LogP contribution is 2.20. The van der Waals surface area contributed by atoms with Gasteiger partial charge in [0.25, 0.3) is 0 Å². The number of nitrogens with zero attached hydrogens (tertiary/aromatic N) is 2. The summed E-state index contributed by atoms with van der Waals surface area (Å²) in [5, 5.41) is 3.17. The first-order valence-electron chi connectivity index (χ1n) is 8.39. The van der Waals surface area contributed by atoms with Crippen LogP contribution in [0.25, 0.3) is 0 Å². The zero-order chi connectivity index (χ0) is 18.2. The van der Waals surface area contributed by atoms with Crippen LogP contribution in [0.4, 0.5) is 10.3 Å². The summed E-state index contributed by atoms with van der Waals surface area (Å²) in [5.41, 5.74) is 2.25. The summed E-state index contributed by atoms with van der Waals surface area (Å²) < 4.78 is 23.9. The van der Waals surface area contributed by atoms with Crippen LogP contribution in [0.2, 0.25) is 0 Å². The van der Waals surface area contributed by atoms with Crippen LogP contribution >= 0.6 is 0 Å². The number of halogens is 1. The van der Waals surface area contributed by atoms with E-state index in [1.165, 1.54) is 12.1 Å². The monoisotopic (exact) mass is 353 g/mol. The Balaban J connectivity index is 1.57. The Bertz CT molecular complexity index is 823. The maximum atomic E-state index is 12.9. The lowest BCUT2D eigenvalue weighted by molar-refractivity contribution is 0.134. The predicted molar refractivity (Wildman–Crippen MR) is 97.6 cm³/mol. The summed E-state index contributed by atoms with van der Waals surface area (Å²) in [5.74, 6) is 1.06. The fourth-order valence-corrected chi connectivity index (χ4v) is 2.26. The number of hydrogen-bond acceptors (Lipinski definition) is 5. The van der Waals surface area contributed by atoms with Gasteiger partial charge in [0.05, 0.1) is 6.61 Å². The molecule has 0 amide bonds. The number of benzene rings is 2. The number of aromatic nitrogens is 2. The van der Waals surface area contributed by atoms with E-state index in [1.54, 1.807) is 24.4 Å². The van der Waals surface area contributed by atoms with Gasteiger partial charge in [0, 0.05) is 25.4 Å². The molecule has 0 bridgehead atoms. The lowest BCUT2D eigenvalue weighted by atomic mass is 10.1. The summed E-state index contributed by atoms with van der Waals surface area (Å²) in [4.78, 5) is 8.49. The van der Waals surface area contributed by atoms with Crippen molar-refractivity contribution < 1.29 is 13.9 Å². The third kappa shape index (κ3) is 5.26. The molecular weight excluding hydrogens is 333 g/mol. The zero-order valence-electron chi connectivity index (χ0n) is 14.5. The molecule has 1 N–H and O–H groups in total. The average Bonchev–Trinajstić information content (AvgIpc) is 2.68. The number of rotatable bonds is 8. The van der Waals surface area contributed by atoms with E-state index in [0.29, 0.717) is 37.3 Å². The Labute approximate surface area is 151 Å². The molecule has 3 rings (SSSR count). The predicted octanol–water partition coefficient (Wildman–Crippen LogP) is 4.56. The van der Waals surface area contributed by atoms with Gasteiger partial charge in [-0.1, -0.05) is 24.3 Å². The molecule has 3 aromatic rings. The summed E-state index contributed by atoms with van der Waals surface area (Å²) >= 11 is 0. The van der Waals surface area contributed by atoms with Crippen LogP contribution in [-0.4, -0.2) is 16.6 Å². The van der Waals surface area contributed by atoms with Crippen molar-refractivity contribution in [1.29, 1.82) is 0 Å². The molecule has 1 aromatic heterocycles. The minimum Gasteiger partial charge on any atom is -0.439 e. The van der Waals surface area contributed by atoms with E-state index >= 15 is 0 Å². The van der Waals surface area contributed by atoms with Crippen LogP contribution in [-0.2, 0) is 17.9 Å². The van der Waals surface area contributed by atoms with Crippen LogP contribution in [0.3, 0.4) is 0 Å². The van der Waals surface area contributed by atoms with Gasteiger partial charge in [-0.15, -0.1) is 0 Å². The summed E-state index contributed by atoms with van der Waals surface area (Å²) in [6.07, 6.45) is 1.61. The molecule has 0 aliphatic rings. The highest BCUT2D eigenvalue weighted by Gasteiger charge is 2.03. The Kier molecular flexibility index (Phi) is 6.11. The first-order chi connectivity index (χ1) is 12.7. The molecule has 6 heteroatoms. The first kappa shape index (κ1) is 17.8. The smallest absolute Gasteiger partial charge is 0.226 e. The van der Waals surface area contributed by atoms with Crippen molar-refractivity contribution in [3.8, 4) is 11.6 Å². The van der Waals surface area contributed by atoms with Gasteiger partial charge in [0.1, 0.15) is 11.6 Å². The molecule has 5 nitrogen and oxygen atoms in total. The summed E-state index contributed by atoms with van der Waals surface area (Å²) in [6, 6.07) is 15.6. The third-order valence-electron chi connectivity index (χ3n) is 3.61. The summed E-state index contributed by atoms with van der Waals surface area (Å²) in [6.45, 7) is 3.90. The van der Waals surface area contributed by atoms with E-state index in [2.05, 4.69) is 15.3 Å². The van der Waals surface area contributed by atoms with Crippen LogP contribution in [0, 0.1) is 5.82 Å². The van der Waals surface area contributed by atoms with Crippen molar-refractivity contribution in [3.63, 3.8) is 0 Å². The van der Waals surface area contributed by atoms with E-state index in [1.807, 2.05) is 31.2 Å². The van der Waals surface area contributed by atoms with Crippen molar-refractivity contribution in [3.05, 3.63) is 77.7 Å². The minimum atomic E-state index is -0.310. The molecule has 1 heterocycles. The molecular formula is C20H20FN3O2. The lowest BCUT2D eigenvalue weighted by Crippen LogP contribution is -2.04. The van der Waals surface area contributed by atoms with Crippen molar-refractivity contribution in [2.75, 3.05) is 11.9 Å². The minimum absolute atomic E-state index is 0.310.